The molecule has 0 bridgehead atoms. The van der Waals surface area contributed by atoms with E-state index in [1.807, 2.05) is 166 Å². The van der Waals surface area contributed by atoms with Crippen LogP contribution in [0.1, 0.15) is 0 Å². The zero-order valence-electron chi connectivity index (χ0n) is 30.7. The second-order valence-corrected chi connectivity index (χ2v) is 12.2. The average molecular weight is 1430 g/mol. The molecule has 0 saturated heterocycles. The predicted molar refractivity (Wildman–Crippen MR) is 208 cm³/mol. The van der Waals surface area contributed by atoms with Crippen LogP contribution in [0.3, 0.4) is 0 Å². The third-order valence-corrected chi connectivity index (χ3v) is 7.06. The van der Waals surface area contributed by atoms with Gasteiger partial charge in [0.25, 0.3) is 0 Å². The SMILES string of the molecule is CN1C=CN(C)[CH-]1.CN1C=CN(C)[CH-]1.O=S(=O)([O-])C(F)(F)F.[Ag][I].[Au+3].[Cl][Au].c1cc(-c2ccn[n-]2)nc(-c2ccn[n-]2)c1.c1cc(-c2ccn[n-]2)nc(-c2ccn[n-]2)c1. The van der Waals surface area contributed by atoms with Gasteiger partial charge >= 0.3 is 93.3 Å². The van der Waals surface area contributed by atoms with Gasteiger partial charge in [-0.2, -0.15) is 26.5 Å². The minimum absolute atomic E-state index is 0. The number of pyridine rings is 2. The molecule has 17 nitrogen and oxygen atoms in total. The van der Waals surface area contributed by atoms with E-state index < -0.39 is 15.6 Å². The van der Waals surface area contributed by atoms with E-state index in [1.54, 1.807) is 44.8 Å². The van der Waals surface area contributed by atoms with Crippen LogP contribution in [0.4, 0.5) is 13.2 Å². The van der Waals surface area contributed by atoms with Gasteiger partial charge < -0.3 is 64.9 Å². The van der Waals surface area contributed by atoms with Gasteiger partial charge in [-0.3, -0.25) is 9.97 Å². The normalized spacial score (nSPS) is 12.4. The van der Waals surface area contributed by atoms with Crippen LogP contribution < -0.4 is 20.4 Å². The van der Waals surface area contributed by atoms with Gasteiger partial charge in [0.1, 0.15) is 0 Å². The summed E-state index contributed by atoms with van der Waals surface area (Å²) in [4.78, 5) is 16.9. The first kappa shape index (κ1) is 53.8. The van der Waals surface area contributed by atoms with Crippen LogP contribution in [0.5, 0.6) is 0 Å². The fraction of sp³-hybridized carbons (Fsp3) is 0.152. The topological polar surface area (TPSA) is 204 Å². The summed E-state index contributed by atoms with van der Waals surface area (Å²) in [5.74, 6) is 0. The van der Waals surface area contributed by atoms with E-state index in [0.717, 1.165) is 45.6 Å². The summed E-state index contributed by atoms with van der Waals surface area (Å²) in [5.41, 5.74) is 0.574. The number of nitrogens with zero attached hydrogens (tertiary/aromatic N) is 14. The Kier molecular flexibility index (Phi) is 25.8. The molecule has 59 heavy (non-hydrogen) atoms. The van der Waals surface area contributed by atoms with Crippen LogP contribution in [0.15, 0.2) is 110 Å². The molecular formula is C33H32AgAu2ClF3IN14O3S-4. The van der Waals surface area contributed by atoms with Crippen molar-refractivity contribution in [1.29, 1.82) is 0 Å². The third kappa shape index (κ3) is 19.8. The molecule has 0 unspecified atom stereocenters. The van der Waals surface area contributed by atoms with E-state index in [2.05, 4.69) is 77.2 Å². The van der Waals surface area contributed by atoms with Gasteiger partial charge in [0.15, 0.2) is 10.1 Å². The molecule has 8 heterocycles. The molecule has 2 aliphatic heterocycles. The number of hydrogen-bond acceptors (Lipinski definition) is 13. The largest absolute Gasteiger partial charge is 0.574 e. The first-order valence-electron chi connectivity index (χ1n) is 15.6. The molecule has 6 aromatic heterocycles. The Morgan fingerprint density at radius 3 is 0.966 bits per heavy atom. The molecule has 0 radical (unpaired) electrons. The van der Waals surface area contributed by atoms with E-state index in [-0.39, 0.29) is 22.4 Å². The summed E-state index contributed by atoms with van der Waals surface area (Å²) in [5, 5.41) is 30.9. The summed E-state index contributed by atoms with van der Waals surface area (Å²) in [6, 6.07) is 18.7. The Balaban J connectivity index is 0.000000377. The Labute approximate surface area is 393 Å². The van der Waals surface area contributed by atoms with E-state index in [0.29, 0.717) is 0 Å². The van der Waals surface area contributed by atoms with Gasteiger partial charge in [0.05, 0.1) is 22.8 Å². The van der Waals surface area contributed by atoms with Crippen LogP contribution in [0.25, 0.3) is 45.6 Å². The zero-order valence-corrected chi connectivity index (χ0v) is 40.3. The van der Waals surface area contributed by atoms with Crippen molar-refractivity contribution >= 4 is 38.3 Å². The second-order valence-electron chi connectivity index (χ2n) is 10.9. The van der Waals surface area contributed by atoms with Crippen molar-refractivity contribution in [2.45, 2.75) is 5.51 Å². The molecular weight excluding hydrogens is 1390 g/mol. The van der Waals surface area contributed by atoms with E-state index >= 15 is 0 Å². The first-order valence-corrected chi connectivity index (χ1v) is 24.1. The molecule has 330 valence electrons. The van der Waals surface area contributed by atoms with Crippen LogP contribution in [0, 0.1) is 13.3 Å². The van der Waals surface area contributed by atoms with Crippen LogP contribution in [-0.4, -0.2) is 96.6 Å². The van der Waals surface area contributed by atoms with Gasteiger partial charge in [-0.1, -0.05) is 59.2 Å². The van der Waals surface area contributed by atoms with E-state index in [4.69, 9.17) is 13.0 Å². The van der Waals surface area contributed by atoms with Crippen molar-refractivity contribution in [1.82, 2.24) is 70.4 Å². The predicted octanol–water partition coefficient (Wildman–Crippen LogP) is 4.77. The maximum absolute atomic E-state index is 10.7. The van der Waals surface area contributed by atoms with Gasteiger partial charge in [-0.25, -0.2) is 8.42 Å². The van der Waals surface area contributed by atoms with Gasteiger partial charge in [-0.15, -0.1) is 0 Å². The Bertz CT molecular complexity index is 1910. The molecule has 26 heteroatoms. The van der Waals surface area contributed by atoms with E-state index in [9.17, 15) is 13.2 Å². The van der Waals surface area contributed by atoms with Gasteiger partial charge in [0.2, 0.25) is 0 Å². The minimum Gasteiger partial charge on any atom is -0.574 e. The molecule has 6 aromatic rings. The smallest absolute Gasteiger partial charge is 0.0500 e. The quantitative estimate of drug-likeness (QED) is 0.0767. The molecule has 0 fully saturated rings. The standard InChI is InChI=1S/2C11H7N5.2C5H9N2.CHF3O3S.Ag.2Au.ClH.HI/c2*1-2-8(10-4-6-12-15-10)14-9(3-1)11-5-7-13-16-11;2*1-6-3-4-7(2)5-6;2-1(3,4)8(5,6)7;;;;;/h2*1-7H;2*3-5H,1-2H3;(H,5,6,7);;;;2*1H/q2*-2;2*-1;;2*+1;+3;;/p-3. The summed E-state index contributed by atoms with van der Waals surface area (Å²) < 4.78 is 58.9. The molecule has 0 N–H and O–H groups in total. The maximum Gasteiger partial charge on any atom is 0.0500 e. The molecule has 2 aliphatic rings. The van der Waals surface area contributed by atoms with Crippen molar-refractivity contribution in [2.75, 3.05) is 28.2 Å². The number of alkyl halides is 3. The summed E-state index contributed by atoms with van der Waals surface area (Å²) in [6.07, 6.45) is 14.6. The average Bonchev–Trinajstić information content (AvgIpc) is 4.07. The molecule has 0 spiro atoms. The first-order chi connectivity index (χ1) is 27.7. The van der Waals surface area contributed by atoms with Crippen molar-refractivity contribution in [3.05, 3.63) is 124 Å². The second kappa shape index (κ2) is 28.3. The fourth-order valence-corrected chi connectivity index (χ4v) is 4.07. The van der Waals surface area contributed by atoms with Gasteiger partial charge in [-0.05, 0) is 77.3 Å². The number of aromatic nitrogens is 10. The summed E-state index contributed by atoms with van der Waals surface area (Å²) in [6.45, 7) is 4.00. The maximum atomic E-state index is 10.7. The Morgan fingerprint density at radius 1 is 0.610 bits per heavy atom. The van der Waals surface area contributed by atoms with Crippen molar-refractivity contribution < 1.29 is 85.8 Å². The van der Waals surface area contributed by atoms with Crippen LogP contribution in [-0.2, 0) is 69.7 Å². The van der Waals surface area contributed by atoms with Crippen molar-refractivity contribution in [3.8, 4) is 45.6 Å². The van der Waals surface area contributed by atoms with E-state index in [1.165, 1.54) is 0 Å². The Morgan fingerprint density at radius 2 is 0.831 bits per heavy atom. The fourth-order valence-electron chi connectivity index (χ4n) is 4.07. The third-order valence-electron chi connectivity index (χ3n) is 6.49. The van der Waals surface area contributed by atoms with Crippen molar-refractivity contribution in [2.24, 2.45) is 0 Å². The minimum atomic E-state index is -6.09. The summed E-state index contributed by atoms with van der Waals surface area (Å²) >= 11 is 6.63. The summed E-state index contributed by atoms with van der Waals surface area (Å²) in [7, 11) is 6.49. The number of hydrogen-bond donors (Lipinski definition) is 0. The van der Waals surface area contributed by atoms with Crippen molar-refractivity contribution in [3.63, 3.8) is 0 Å². The molecule has 8 rings (SSSR count). The molecule has 0 saturated carbocycles. The molecule has 0 amide bonds. The number of halogens is 5. The van der Waals surface area contributed by atoms with Crippen LogP contribution in [0.2, 0.25) is 0 Å². The van der Waals surface area contributed by atoms with Crippen LogP contribution >= 0.6 is 28.2 Å². The molecule has 0 aliphatic carbocycles. The monoisotopic (exact) mass is 1420 g/mol. The molecule has 0 atom stereocenters. The number of rotatable bonds is 4. The Hall–Kier alpha value is -3.24. The van der Waals surface area contributed by atoms with Gasteiger partial charge in [0, 0.05) is 24.8 Å². The zero-order chi connectivity index (χ0) is 43.1. The molecule has 0 aromatic carbocycles.